The molecule has 0 saturated heterocycles. The predicted octanol–water partition coefficient (Wildman–Crippen LogP) is 3.64. The van der Waals surface area contributed by atoms with Crippen LogP contribution in [0.5, 0.6) is 11.5 Å². The Morgan fingerprint density at radius 3 is 2.39 bits per heavy atom. The zero-order valence-corrected chi connectivity index (χ0v) is 19.4. The van der Waals surface area contributed by atoms with Gasteiger partial charge in [0.2, 0.25) is 15.9 Å². The molecule has 2 aromatic rings. The third-order valence-corrected chi connectivity index (χ3v) is 7.06. The number of carbonyl (C=O) groups is 1. The number of nitrogens with zero attached hydrogens (tertiary/aromatic N) is 1. The summed E-state index contributed by atoms with van der Waals surface area (Å²) in [5.74, 6) is 0.612. The molecule has 1 aliphatic rings. The Morgan fingerprint density at radius 2 is 1.74 bits per heavy atom. The number of carbonyl (C=O) groups excluding carboxylic acids is 1. The number of fused-ring (bicyclic) bond motifs is 1. The number of ether oxygens (including phenoxy) is 2. The lowest BCUT2D eigenvalue weighted by Gasteiger charge is -2.25. The van der Waals surface area contributed by atoms with Crippen molar-refractivity contribution in [1.82, 2.24) is 9.62 Å². The topological polar surface area (TPSA) is 84.9 Å². The number of likely N-dealkylation sites (N-methyl/N-ethyl adjacent to an activating group) is 1. The first kappa shape index (κ1) is 23.4. The summed E-state index contributed by atoms with van der Waals surface area (Å²) in [6.07, 6.45) is 0.724. The van der Waals surface area contributed by atoms with Gasteiger partial charge in [-0.25, -0.2) is 8.42 Å². The van der Waals surface area contributed by atoms with Gasteiger partial charge in [-0.15, -0.1) is 0 Å². The Morgan fingerprint density at radius 1 is 1.10 bits per heavy atom. The minimum atomic E-state index is -3.89. The standard InChI is InChI=1S/C22H27ClN2O5S/c1-15(2)22(16-5-7-17(23)8-6-16)24-21(26)14-25(3)31(27,28)18-9-10-19-20(13-18)30-12-4-11-29-19/h5-10,13,15,22H,4,11-12,14H2,1-3H3,(H,24,26). The second-order valence-electron chi connectivity index (χ2n) is 7.76. The van der Waals surface area contributed by atoms with Crippen molar-refractivity contribution in [3.63, 3.8) is 0 Å². The SMILES string of the molecule is CC(C)C(NC(=O)CN(C)S(=O)(=O)c1ccc2c(c1)OCCCO2)c1ccc(Cl)cc1. The fourth-order valence-corrected chi connectivity index (χ4v) is 4.56. The van der Waals surface area contributed by atoms with Gasteiger partial charge in [0, 0.05) is 24.6 Å². The van der Waals surface area contributed by atoms with Gasteiger partial charge in [0.15, 0.2) is 11.5 Å². The smallest absolute Gasteiger partial charge is 0.243 e. The highest BCUT2D eigenvalue weighted by molar-refractivity contribution is 7.89. The molecule has 1 amide bonds. The number of hydrogen-bond donors (Lipinski definition) is 1. The molecule has 1 unspecified atom stereocenters. The number of benzene rings is 2. The molecule has 0 fully saturated rings. The number of amides is 1. The molecule has 168 valence electrons. The number of halogens is 1. The van der Waals surface area contributed by atoms with Crippen molar-refractivity contribution < 1.29 is 22.7 Å². The third-order valence-electron chi connectivity index (χ3n) is 5.01. The molecule has 1 atom stereocenters. The van der Waals surface area contributed by atoms with Gasteiger partial charge in [0.25, 0.3) is 0 Å². The van der Waals surface area contributed by atoms with Gasteiger partial charge < -0.3 is 14.8 Å². The molecule has 0 aromatic heterocycles. The van der Waals surface area contributed by atoms with Gasteiger partial charge in [-0.3, -0.25) is 4.79 Å². The molecule has 0 radical (unpaired) electrons. The molecule has 1 N–H and O–H groups in total. The summed E-state index contributed by atoms with van der Waals surface area (Å²) < 4.78 is 38.2. The Hall–Kier alpha value is -2.29. The summed E-state index contributed by atoms with van der Waals surface area (Å²) >= 11 is 5.95. The van der Waals surface area contributed by atoms with E-state index in [1.807, 2.05) is 26.0 Å². The summed E-state index contributed by atoms with van der Waals surface area (Å²) in [5, 5.41) is 3.54. The highest BCUT2D eigenvalue weighted by Crippen LogP contribution is 2.32. The second kappa shape index (κ2) is 9.89. The minimum Gasteiger partial charge on any atom is -0.490 e. The Labute approximate surface area is 188 Å². The second-order valence-corrected chi connectivity index (χ2v) is 10.2. The molecule has 2 aromatic carbocycles. The first-order valence-electron chi connectivity index (χ1n) is 10.1. The molecule has 7 nitrogen and oxygen atoms in total. The van der Waals surface area contributed by atoms with Gasteiger partial charge in [-0.2, -0.15) is 4.31 Å². The van der Waals surface area contributed by atoms with E-state index in [1.165, 1.54) is 19.2 Å². The van der Waals surface area contributed by atoms with E-state index in [0.29, 0.717) is 29.7 Å². The summed E-state index contributed by atoms with van der Waals surface area (Å²) in [7, 11) is -2.51. The highest BCUT2D eigenvalue weighted by atomic mass is 35.5. The first-order chi connectivity index (χ1) is 14.7. The Bertz CT molecular complexity index is 1020. The predicted molar refractivity (Wildman–Crippen MR) is 119 cm³/mol. The van der Waals surface area contributed by atoms with E-state index in [0.717, 1.165) is 16.3 Å². The van der Waals surface area contributed by atoms with Crippen LogP contribution in [0.4, 0.5) is 0 Å². The zero-order chi connectivity index (χ0) is 22.6. The van der Waals surface area contributed by atoms with Gasteiger partial charge >= 0.3 is 0 Å². The first-order valence-corrected chi connectivity index (χ1v) is 11.9. The van der Waals surface area contributed by atoms with Crippen LogP contribution in [0.3, 0.4) is 0 Å². The van der Waals surface area contributed by atoms with Crippen molar-refractivity contribution in [3.05, 3.63) is 53.1 Å². The number of rotatable bonds is 7. The zero-order valence-electron chi connectivity index (χ0n) is 17.8. The van der Waals surface area contributed by atoms with E-state index < -0.39 is 15.9 Å². The average Bonchev–Trinajstić information content (AvgIpc) is 2.97. The molecule has 0 aliphatic carbocycles. The van der Waals surface area contributed by atoms with Crippen LogP contribution in [0, 0.1) is 5.92 Å². The van der Waals surface area contributed by atoms with Gasteiger partial charge in [0.1, 0.15) is 0 Å². The molecule has 9 heteroatoms. The highest BCUT2D eigenvalue weighted by Gasteiger charge is 2.26. The lowest BCUT2D eigenvalue weighted by Crippen LogP contribution is -2.41. The molecule has 3 rings (SSSR count). The lowest BCUT2D eigenvalue weighted by atomic mass is 9.96. The van der Waals surface area contributed by atoms with Crippen molar-refractivity contribution in [2.75, 3.05) is 26.8 Å². The van der Waals surface area contributed by atoms with Crippen LogP contribution in [-0.4, -0.2) is 45.4 Å². The van der Waals surface area contributed by atoms with Crippen molar-refractivity contribution in [3.8, 4) is 11.5 Å². The van der Waals surface area contributed by atoms with Crippen molar-refractivity contribution in [2.45, 2.75) is 31.2 Å². The summed E-state index contributed by atoms with van der Waals surface area (Å²) in [5.41, 5.74) is 0.904. The molecule has 0 saturated carbocycles. The van der Waals surface area contributed by atoms with E-state index in [-0.39, 0.29) is 23.4 Å². The maximum atomic E-state index is 13.0. The quantitative estimate of drug-likeness (QED) is 0.673. The normalized spacial score (nSPS) is 14.9. The van der Waals surface area contributed by atoms with E-state index in [2.05, 4.69) is 5.32 Å². The van der Waals surface area contributed by atoms with Crippen molar-refractivity contribution in [1.29, 1.82) is 0 Å². The van der Waals surface area contributed by atoms with E-state index in [9.17, 15) is 13.2 Å². The fraction of sp³-hybridized carbons (Fsp3) is 0.409. The minimum absolute atomic E-state index is 0.0464. The third kappa shape index (κ3) is 5.70. The van der Waals surface area contributed by atoms with Crippen LogP contribution < -0.4 is 14.8 Å². The molecule has 31 heavy (non-hydrogen) atoms. The number of nitrogens with one attached hydrogen (secondary N) is 1. The average molecular weight is 467 g/mol. The largest absolute Gasteiger partial charge is 0.490 e. The Kier molecular flexibility index (Phi) is 7.46. The molecule has 1 heterocycles. The molecule has 0 bridgehead atoms. The van der Waals surface area contributed by atoms with Gasteiger partial charge in [-0.05, 0) is 35.7 Å². The summed E-state index contributed by atoms with van der Waals surface area (Å²) in [4.78, 5) is 12.7. The number of hydrogen-bond acceptors (Lipinski definition) is 5. The van der Waals surface area contributed by atoms with Crippen LogP contribution in [-0.2, 0) is 14.8 Å². The summed E-state index contributed by atoms with van der Waals surface area (Å²) in [6, 6.07) is 11.4. The van der Waals surface area contributed by atoms with Crippen molar-refractivity contribution in [2.24, 2.45) is 5.92 Å². The van der Waals surface area contributed by atoms with Crippen molar-refractivity contribution >= 4 is 27.5 Å². The Balaban J connectivity index is 1.72. The maximum Gasteiger partial charge on any atom is 0.243 e. The maximum absolute atomic E-state index is 13.0. The fourth-order valence-electron chi connectivity index (χ4n) is 3.30. The van der Waals surface area contributed by atoms with Gasteiger partial charge in [-0.1, -0.05) is 37.6 Å². The lowest BCUT2D eigenvalue weighted by molar-refractivity contribution is -0.122. The van der Waals surface area contributed by atoms with Crippen LogP contribution >= 0.6 is 11.6 Å². The van der Waals surface area contributed by atoms with E-state index in [1.54, 1.807) is 18.2 Å². The van der Waals surface area contributed by atoms with Crippen LogP contribution in [0.15, 0.2) is 47.4 Å². The summed E-state index contributed by atoms with van der Waals surface area (Å²) in [6.45, 7) is 4.63. The van der Waals surface area contributed by atoms with E-state index in [4.69, 9.17) is 21.1 Å². The van der Waals surface area contributed by atoms with Crippen LogP contribution in [0.25, 0.3) is 0 Å². The molecule has 0 spiro atoms. The molecular formula is C22H27ClN2O5S. The van der Waals surface area contributed by atoms with Crippen LogP contribution in [0.1, 0.15) is 31.9 Å². The molecular weight excluding hydrogens is 440 g/mol. The monoisotopic (exact) mass is 466 g/mol. The molecule has 1 aliphatic heterocycles. The van der Waals surface area contributed by atoms with Crippen LogP contribution in [0.2, 0.25) is 5.02 Å². The van der Waals surface area contributed by atoms with Gasteiger partial charge in [0.05, 0.1) is 30.7 Å². The van der Waals surface area contributed by atoms with E-state index >= 15 is 0 Å². The number of sulfonamides is 1.